The topological polar surface area (TPSA) is 29.1 Å². The summed E-state index contributed by atoms with van der Waals surface area (Å²) in [5.74, 6) is -0.487. The fraction of sp³-hybridized carbons (Fsp3) is 0.154. The van der Waals surface area contributed by atoms with Crippen molar-refractivity contribution in [2.45, 2.75) is 6.92 Å². The minimum absolute atomic E-state index is 0.200. The molecule has 0 bridgehead atoms. The first-order valence-corrected chi connectivity index (χ1v) is 6.90. The van der Waals surface area contributed by atoms with Crippen LogP contribution in [0.15, 0.2) is 29.3 Å². The third kappa shape index (κ3) is 2.47. The molecule has 0 aliphatic carbocycles. The summed E-state index contributed by atoms with van der Waals surface area (Å²) in [6.45, 7) is 5.77. The standard InChI is InChI=1S/C13H11BrFNOS/c1-7(14)6-16-13(17)12-8(2)11-9(15)4-3-5-10(11)18-12/h3-5H,1,6H2,2H3,(H,16,17). The number of carbonyl (C=O) groups excluding carboxylic acids is 1. The van der Waals surface area contributed by atoms with Gasteiger partial charge in [-0.3, -0.25) is 4.79 Å². The largest absolute Gasteiger partial charge is 0.347 e. The summed E-state index contributed by atoms with van der Waals surface area (Å²) < 4.78 is 15.2. The Morgan fingerprint density at radius 2 is 2.28 bits per heavy atom. The fourth-order valence-corrected chi connectivity index (χ4v) is 3.01. The highest BCUT2D eigenvalue weighted by atomic mass is 79.9. The Hall–Kier alpha value is -1.20. The molecule has 1 aromatic carbocycles. The van der Waals surface area contributed by atoms with E-state index in [0.29, 0.717) is 26.9 Å². The zero-order chi connectivity index (χ0) is 13.3. The van der Waals surface area contributed by atoms with Crippen LogP contribution in [-0.4, -0.2) is 12.5 Å². The van der Waals surface area contributed by atoms with Crippen molar-refractivity contribution in [3.63, 3.8) is 0 Å². The summed E-state index contributed by atoms with van der Waals surface area (Å²) >= 11 is 4.48. The van der Waals surface area contributed by atoms with Gasteiger partial charge in [-0.2, -0.15) is 0 Å². The van der Waals surface area contributed by atoms with Gasteiger partial charge in [-0.25, -0.2) is 4.39 Å². The minimum atomic E-state index is -0.287. The molecule has 1 N–H and O–H groups in total. The molecule has 0 aliphatic rings. The molecule has 0 radical (unpaired) electrons. The number of thiophene rings is 1. The van der Waals surface area contributed by atoms with Crippen molar-refractivity contribution in [2.24, 2.45) is 0 Å². The molecule has 0 aliphatic heterocycles. The molecule has 2 rings (SSSR count). The first-order chi connectivity index (χ1) is 8.50. The Labute approximate surface area is 117 Å². The Kier molecular flexibility index (Phi) is 3.82. The number of hydrogen-bond donors (Lipinski definition) is 1. The van der Waals surface area contributed by atoms with Crippen molar-refractivity contribution in [3.05, 3.63) is 45.5 Å². The van der Waals surface area contributed by atoms with E-state index in [1.165, 1.54) is 17.4 Å². The first-order valence-electron chi connectivity index (χ1n) is 5.30. The number of rotatable bonds is 3. The number of hydrogen-bond acceptors (Lipinski definition) is 2. The van der Waals surface area contributed by atoms with Gasteiger partial charge in [0.1, 0.15) is 5.82 Å². The maximum absolute atomic E-state index is 13.7. The summed E-state index contributed by atoms with van der Waals surface area (Å²) in [4.78, 5) is 12.5. The van der Waals surface area contributed by atoms with E-state index in [9.17, 15) is 9.18 Å². The fourth-order valence-electron chi connectivity index (χ4n) is 1.73. The Morgan fingerprint density at radius 1 is 1.56 bits per heavy atom. The summed E-state index contributed by atoms with van der Waals surface area (Å²) in [6.07, 6.45) is 0. The van der Waals surface area contributed by atoms with Crippen molar-refractivity contribution in [1.29, 1.82) is 0 Å². The van der Waals surface area contributed by atoms with E-state index in [2.05, 4.69) is 27.8 Å². The van der Waals surface area contributed by atoms with Crippen LogP contribution in [0.4, 0.5) is 4.39 Å². The van der Waals surface area contributed by atoms with Gasteiger partial charge in [0.15, 0.2) is 0 Å². The molecule has 0 spiro atoms. The van der Waals surface area contributed by atoms with Gasteiger partial charge in [-0.15, -0.1) is 11.3 Å². The van der Waals surface area contributed by atoms with Gasteiger partial charge in [0.2, 0.25) is 0 Å². The zero-order valence-corrected chi connectivity index (χ0v) is 12.1. The second-order valence-corrected chi connectivity index (χ2v) is 6.04. The van der Waals surface area contributed by atoms with Crippen LogP contribution in [-0.2, 0) is 0 Å². The molecule has 0 atom stereocenters. The molecule has 18 heavy (non-hydrogen) atoms. The molecular weight excluding hydrogens is 317 g/mol. The van der Waals surface area contributed by atoms with E-state index in [-0.39, 0.29) is 11.7 Å². The number of nitrogens with one attached hydrogen (secondary N) is 1. The third-order valence-corrected chi connectivity index (χ3v) is 4.09. The Bertz CT molecular complexity index is 635. The maximum atomic E-state index is 13.7. The predicted octanol–water partition coefficient (Wildman–Crippen LogP) is 3.99. The van der Waals surface area contributed by atoms with Gasteiger partial charge in [0, 0.05) is 21.1 Å². The average molecular weight is 328 g/mol. The molecule has 0 fully saturated rings. The highest BCUT2D eigenvalue weighted by Gasteiger charge is 2.17. The third-order valence-electron chi connectivity index (χ3n) is 2.55. The number of halogens is 2. The predicted molar refractivity (Wildman–Crippen MR) is 76.9 cm³/mol. The molecule has 1 amide bonds. The normalized spacial score (nSPS) is 10.6. The second kappa shape index (κ2) is 5.20. The monoisotopic (exact) mass is 327 g/mol. The summed E-state index contributed by atoms with van der Waals surface area (Å²) in [6, 6.07) is 4.87. The van der Waals surface area contributed by atoms with E-state index in [4.69, 9.17) is 0 Å². The first kappa shape index (κ1) is 13.2. The van der Waals surface area contributed by atoms with Gasteiger partial charge in [-0.05, 0) is 24.6 Å². The van der Waals surface area contributed by atoms with Gasteiger partial charge >= 0.3 is 0 Å². The highest BCUT2D eigenvalue weighted by molar-refractivity contribution is 9.11. The quantitative estimate of drug-likeness (QED) is 0.907. The van der Waals surface area contributed by atoms with E-state index in [1.54, 1.807) is 13.0 Å². The molecule has 2 nitrogen and oxygen atoms in total. The van der Waals surface area contributed by atoms with Crippen LogP contribution in [0.25, 0.3) is 10.1 Å². The van der Waals surface area contributed by atoms with Crippen LogP contribution in [0.3, 0.4) is 0 Å². The second-order valence-electron chi connectivity index (χ2n) is 3.87. The molecule has 0 saturated carbocycles. The maximum Gasteiger partial charge on any atom is 0.261 e. The molecular formula is C13H11BrFNOS. The lowest BCUT2D eigenvalue weighted by atomic mass is 10.1. The lowest BCUT2D eigenvalue weighted by molar-refractivity contribution is 0.0961. The molecule has 2 aromatic rings. The van der Waals surface area contributed by atoms with Crippen molar-refractivity contribution in [3.8, 4) is 0 Å². The summed E-state index contributed by atoms with van der Waals surface area (Å²) in [5.41, 5.74) is 0.686. The molecule has 1 aromatic heterocycles. The van der Waals surface area contributed by atoms with Crippen molar-refractivity contribution >= 4 is 43.3 Å². The molecule has 0 saturated heterocycles. The Balaban J connectivity index is 2.40. The number of amides is 1. The summed E-state index contributed by atoms with van der Waals surface area (Å²) in [5, 5.41) is 3.25. The number of benzene rings is 1. The smallest absolute Gasteiger partial charge is 0.261 e. The average Bonchev–Trinajstić information content (AvgIpc) is 2.65. The van der Waals surface area contributed by atoms with Crippen molar-refractivity contribution in [2.75, 3.05) is 6.54 Å². The van der Waals surface area contributed by atoms with Crippen LogP contribution in [0.5, 0.6) is 0 Å². The molecule has 94 valence electrons. The van der Waals surface area contributed by atoms with E-state index in [0.717, 1.165) is 4.70 Å². The summed E-state index contributed by atoms with van der Waals surface area (Å²) in [7, 11) is 0. The Morgan fingerprint density at radius 3 is 2.89 bits per heavy atom. The van der Waals surface area contributed by atoms with Crippen LogP contribution in [0, 0.1) is 12.7 Å². The molecule has 1 heterocycles. The molecule has 5 heteroatoms. The van der Waals surface area contributed by atoms with E-state index in [1.807, 2.05) is 6.07 Å². The minimum Gasteiger partial charge on any atom is -0.347 e. The SMILES string of the molecule is C=C(Br)CNC(=O)c1sc2cccc(F)c2c1C. The van der Waals surface area contributed by atoms with Gasteiger partial charge in [0.05, 0.1) is 4.88 Å². The van der Waals surface area contributed by atoms with Crippen LogP contribution in [0.2, 0.25) is 0 Å². The number of fused-ring (bicyclic) bond motifs is 1. The van der Waals surface area contributed by atoms with Crippen molar-refractivity contribution in [1.82, 2.24) is 5.32 Å². The lowest BCUT2D eigenvalue weighted by Gasteiger charge is -2.02. The van der Waals surface area contributed by atoms with Crippen LogP contribution < -0.4 is 5.32 Å². The van der Waals surface area contributed by atoms with Crippen LogP contribution in [0.1, 0.15) is 15.2 Å². The zero-order valence-electron chi connectivity index (χ0n) is 9.72. The van der Waals surface area contributed by atoms with Crippen molar-refractivity contribution < 1.29 is 9.18 Å². The van der Waals surface area contributed by atoms with E-state index < -0.39 is 0 Å². The number of carbonyl (C=O) groups is 1. The van der Waals surface area contributed by atoms with Gasteiger partial charge in [-0.1, -0.05) is 28.6 Å². The molecule has 0 unspecified atom stereocenters. The van der Waals surface area contributed by atoms with E-state index >= 15 is 0 Å². The highest BCUT2D eigenvalue weighted by Crippen LogP contribution is 2.32. The lowest BCUT2D eigenvalue weighted by Crippen LogP contribution is -2.24. The number of aryl methyl sites for hydroxylation is 1. The van der Waals surface area contributed by atoms with Crippen LogP contribution >= 0.6 is 27.3 Å². The van der Waals surface area contributed by atoms with Gasteiger partial charge < -0.3 is 5.32 Å². The van der Waals surface area contributed by atoms with Gasteiger partial charge in [0.25, 0.3) is 5.91 Å².